The van der Waals surface area contributed by atoms with E-state index in [0.717, 1.165) is 6.92 Å². The zero-order valence-corrected chi connectivity index (χ0v) is 7.13. The topological polar surface area (TPSA) is 20.2 Å². The second-order valence-electron chi connectivity index (χ2n) is 2.99. The zero-order chi connectivity index (χ0) is 11.8. The van der Waals surface area contributed by atoms with Gasteiger partial charge in [0, 0.05) is 6.42 Å². The average molecular weight is 222 g/mol. The molecule has 0 aliphatic rings. The molecule has 0 rings (SSSR count). The summed E-state index contributed by atoms with van der Waals surface area (Å²) in [5, 5.41) is 8.54. The average Bonchev–Trinajstić information content (AvgIpc) is 1.79. The highest BCUT2D eigenvalue weighted by molar-refractivity contribution is 5.04. The normalized spacial score (nSPS) is 14.3. The van der Waals surface area contributed by atoms with Crippen LogP contribution >= 0.6 is 0 Å². The molecule has 7 heteroatoms. The number of rotatable bonds is 2. The second-order valence-corrected chi connectivity index (χ2v) is 2.99. The summed E-state index contributed by atoms with van der Waals surface area (Å²) < 4.78 is 71.7. The van der Waals surface area contributed by atoms with Gasteiger partial charge in [-0.25, -0.2) is 0 Å². The summed E-state index contributed by atoms with van der Waals surface area (Å²) in [6, 6.07) is 0. The lowest BCUT2D eigenvalue weighted by molar-refractivity contribution is -0.367. The minimum Gasteiger partial charge on any atom is -0.373 e. The van der Waals surface area contributed by atoms with Gasteiger partial charge in [-0.3, -0.25) is 0 Å². The molecular formula is C7H8F6O. The maximum absolute atomic E-state index is 11.9. The van der Waals surface area contributed by atoms with Crippen LogP contribution in [0.5, 0.6) is 0 Å². The highest BCUT2D eigenvalue weighted by Gasteiger charge is 2.69. The van der Waals surface area contributed by atoms with E-state index in [9.17, 15) is 26.3 Å². The molecule has 0 heterocycles. The Kier molecular flexibility index (Phi) is 3.27. The molecule has 14 heavy (non-hydrogen) atoms. The quantitative estimate of drug-likeness (QED) is 0.562. The van der Waals surface area contributed by atoms with Gasteiger partial charge in [0.2, 0.25) is 0 Å². The van der Waals surface area contributed by atoms with E-state index in [1.807, 2.05) is 0 Å². The summed E-state index contributed by atoms with van der Waals surface area (Å²) in [5.74, 6) is 0. The van der Waals surface area contributed by atoms with Crippen molar-refractivity contribution < 1.29 is 31.4 Å². The largest absolute Gasteiger partial charge is 0.426 e. The third-order valence-corrected chi connectivity index (χ3v) is 1.50. The highest BCUT2D eigenvalue weighted by atomic mass is 19.4. The van der Waals surface area contributed by atoms with Gasteiger partial charge in [0.1, 0.15) is 0 Å². The van der Waals surface area contributed by atoms with E-state index >= 15 is 0 Å². The predicted octanol–water partition coefficient (Wildman–Crippen LogP) is 2.81. The molecule has 1 nitrogen and oxygen atoms in total. The van der Waals surface area contributed by atoms with Crippen LogP contribution in [0.25, 0.3) is 0 Å². The molecule has 0 fully saturated rings. The van der Waals surface area contributed by atoms with Gasteiger partial charge < -0.3 is 5.11 Å². The first kappa shape index (κ1) is 13.3. The Bertz CT molecular complexity index is 211. The van der Waals surface area contributed by atoms with Gasteiger partial charge in [0.25, 0.3) is 5.60 Å². The molecule has 0 aromatic rings. The number of alkyl halides is 6. The third kappa shape index (κ3) is 2.40. The van der Waals surface area contributed by atoms with Crippen LogP contribution in [0.3, 0.4) is 0 Å². The summed E-state index contributed by atoms with van der Waals surface area (Å²) in [6.45, 7) is 3.88. The number of halogens is 6. The van der Waals surface area contributed by atoms with Crippen LogP contribution in [0, 0.1) is 0 Å². The first-order valence-electron chi connectivity index (χ1n) is 3.42. The molecular weight excluding hydrogens is 214 g/mol. The summed E-state index contributed by atoms with van der Waals surface area (Å²) in [4.78, 5) is 0. The summed E-state index contributed by atoms with van der Waals surface area (Å²) in [6.07, 6.45) is -13.1. The molecule has 0 aliphatic heterocycles. The van der Waals surface area contributed by atoms with Crippen molar-refractivity contribution in [3.05, 3.63) is 12.2 Å². The second kappa shape index (κ2) is 3.45. The monoisotopic (exact) mass is 222 g/mol. The van der Waals surface area contributed by atoms with Crippen molar-refractivity contribution in [2.75, 3.05) is 0 Å². The first-order valence-corrected chi connectivity index (χ1v) is 3.42. The van der Waals surface area contributed by atoms with E-state index in [1.165, 1.54) is 0 Å². The SMILES string of the molecule is C=C(C)CC(O)(C(F)(F)F)C(F)(F)F. The molecule has 0 unspecified atom stereocenters. The number of hydrogen-bond acceptors (Lipinski definition) is 1. The Morgan fingerprint density at radius 1 is 1.07 bits per heavy atom. The Hall–Kier alpha value is -0.720. The summed E-state index contributed by atoms with van der Waals surface area (Å²) >= 11 is 0. The molecule has 0 aliphatic carbocycles. The molecule has 0 spiro atoms. The van der Waals surface area contributed by atoms with Crippen molar-refractivity contribution in [1.29, 1.82) is 0 Å². The minimum absolute atomic E-state index is 0.401. The maximum Gasteiger partial charge on any atom is 0.426 e. The Labute approximate surface area is 76.0 Å². The van der Waals surface area contributed by atoms with E-state index in [1.54, 1.807) is 0 Å². The van der Waals surface area contributed by atoms with Gasteiger partial charge in [0.05, 0.1) is 0 Å². The lowest BCUT2D eigenvalue weighted by Crippen LogP contribution is -2.56. The van der Waals surface area contributed by atoms with Crippen LogP contribution in [0.2, 0.25) is 0 Å². The van der Waals surface area contributed by atoms with Crippen molar-refractivity contribution in [3.63, 3.8) is 0 Å². The van der Waals surface area contributed by atoms with Crippen LogP contribution in [-0.2, 0) is 0 Å². The molecule has 0 amide bonds. The Morgan fingerprint density at radius 3 is 1.43 bits per heavy atom. The van der Waals surface area contributed by atoms with E-state index in [2.05, 4.69) is 6.58 Å². The van der Waals surface area contributed by atoms with Gasteiger partial charge in [0.15, 0.2) is 0 Å². The lowest BCUT2D eigenvalue weighted by Gasteiger charge is -2.32. The van der Waals surface area contributed by atoms with Crippen molar-refractivity contribution in [2.24, 2.45) is 0 Å². The fourth-order valence-corrected chi connectivity index (χ4v) is 0.798. The molecule has 0 aromatic heterocycles. The van der Waals surface area contributed by atoms with Crippen molar-refractivity contribution in [2.45, 2.75) is 31.3 Å². The number of aliphatic hydroxyl groups is 1. The predicted molar refractivity (Wildman–Crippen MR) is 36.5 cm³/mol. The van der Waals surface area contributed by atoms with Crippen molar-refractivity contribution in [3.8, 4) is 0 Å². The minimum atomic E-state index is -5.76. The van der Waals surface area contributed by atoms with E-state index < -0.39 is 29.9 Å². The number of hydrogen-bond donors (Lipinski definition) is 1. The smallest absolute Gasteiger partial charge is 0.373 e. The zero-order valence-electron chi connectivity index (χ0n) is 7.13. The molecule has 84 valence electrons. The Morgan fingerprint density at radius 2 is 1.36 bits per heavy atom. The maximum atomic E-state index is 11.9. The van der Waals surface area contributed by atoms with E-state index in [0.29, 0.717) is 0 Å². The molecule has 1 N–H and O–H groups in total. The third-order valence-electron chi connectivity index (χ3n) is 1.50. The van der Waals surface area contributed by atoms with Gasteiger partial charge in [-0.1, -0.05) is 5.57 Å². The fraction of sp³-hybridized carbons (Fsp3) is 0.714. The van der Waals surface area contributed by atoms with Gasteiger partial charge in [-0.2, -0.15) is 26.3 Å². The molecule has 0 aromatic carbocycles. The van der Waals surface area contributed by atoms with Crippen LogP contribution in [0.4, 0.5) is 26.3 Å². The molecule has 0 bridgehead atoms. The molecule has 0 atom stereocenters. The van der Waals surface area contributed by atoms with Gasteiger partial charge in [-0.15, -0.1) is 6.58 Å². The van der Waals surface area contributed by atoms with Gasteiger partial charge in [-0.05, 0) is 6.92 Å². The highest BCUT2D eigenvalue weighted by Crippen LogP contribution is 2.46. The van der Waals surface area contributed by atoms with E-state index in [-0.39, 0.29) is 0 Å². The van der Waals surface area contributed by atoms with E-state index in [4.69, 9.17) is 5.11 Å². The van der Waals surface area contributed by atoms with Gasteiger partial charge >= 0.3 is 12.4 Å². The molecule has 0 saturated carbocycles. The molecule has 0 radical (unpaired) electrons. The van der Waals surface area contributed by atoms with Crippen LogP contribution in [0.15, 0.2) is 12.2 Å². The Balaban J connectivity index is 5.18. The fourth-order valence-electron chi connectivity index (χ4n) is 0.798. The molecule has 0 saturated heterocycles. The van der Waals surface area contributed by atoms with Crippen LogP contribution in [0.1, 0.15) is 13.3 Å². The van der Waals surface area contributed by atoms with Crippen molar-refractivity contribution >= 4 is 0 Å². The first-order chi connectivity index (χ1) is 5.92. The summed E-state index contributed by atoms with van der Waals surface area (Å²) in [7, 11) is 0. The van der Waals surface area contributed by atoms with Crippen LogP contribution in [-0.4, -0.2) is 23.1 Å². The standard InChI is InChI=1S/C7H8F6O/c1-4(2)3-5(14,6(8,9)10)7(11,12)13/h14H,1,3H2,2H3. The van der Waals surface area contributed by atoms with Crippen LogP contribution < -0.4 is 0 Å². The lowest BCUT2D eigenvalue weighted by atomic mass is 9.94. The summed E-state index contributed by atoms with van der Waals surface area (Å²) in [5.41, 5.74) is -5.10. The van der Waals surface area contributed by atoms with Crippen molar-refractivity contribution in [1.82, 2.24) is 0 Å².